The highest BCUT2D eigenvalue weighted by atomic mass is 19.4. The van der Waals surface area contributed by atoms with Gasteiger partial charge in [-0.1, -0.05) is 19.1 Å². The first-order valence-corrected chi connectivity index (χ1v) is 7.23. The molecule has 1 saturated heterocycles. The molecule has 2 nitrogen and oxygen atoms in total. The maximum absolute atomic E-state index is 14.1. The van der Waals surface area contributed by atoms with E-state index in [1.54, 1.807) is 11.0 Å². The van der Waals surface area contributed by atoms with Gasteiger partial charge in [-0.05, 0) is 31.0 Å². The van der Waals surface area contributed by atoms with Crippen LogP contribution in [0.2, 0.25) is 0 Å². The van der Waals surface area contributed by atoms with E-state index in [0.29, 0.717) is 12.2 Å². The summed E-state index contributed by atoms with van der Waals surface area (Å²) in [6.07, 6.45) is -4.09. The number of nitrogens with zero attached hydrogens (tertiary/aromatic N) is 1. The van der Waals surface area contributed by atoms with E-state index in [4.69, 9.17) is 0 Å². The number of rotatable bonds is 4. The largest absolute Gasteiger partial charge is 0.391 e. The zero-order chi connectivity index (χ0) is 15.5. The lowest BCUT2D eigenvalue weighted by Crippen LogP contribution is -2.40. The molecule has 118 valence electrons. The molecule has 0 bridgehead atoms. The fraction of sp³-hybridized carbons (Fsp3) is 0.600. The first kappa shape index (κ1) is 16.1. The van der Waals surface area contributed by atoms with Crippen molar-refractivity contribution in [3.63, 3.8) is 0 Å². The normalized spacial score (nSPS) is 17.3. The van der Waals surface area contributed by atoms with Gasteiger partial charge in [-0.15, -0.1) is 0 Å². The zero-order valence-corrected chi connectivity index (χ0v) is 12.0. The summed E-state index contributed by atoms with van der Waals surface area (Å²) in [6, 6.07) is 4.81. The summed E-state index contributed by atoms with van der Waals surface area (Å²) in [6.45, 7) is 3.71. The van der Waals surface area contributed by atoms with Crippen LogP contribution in [0.5, 0.6) is 0 Å². The van der Waals surface area contributed by atoms with Crippen molar-refractivity contribution in [2.24, 2.45) is 5.92 Å². The van der Waals surface area contributed by atoms with Crippen LogP contribution in [0, 0.1) is 11.7 Å². The Morgan fingerprint density at radius 3 is 2.48 bits per heavy atom. The van der Waals surface area contributed by atoms with Crippen molar-refractivity contribution in [3.8, 4) is 0 Å². The summed E-state index contributed by atoms with van der Waals surface area (Å²) in [5, 5.41) is 3.13. The van der Waals surface area contributed by atoms with Crippen LogP contribution in [0.3, 0.4) is 0 Å². The van der Waals surface area contributed by atoms with E-state index in [0.717, 1.165) is 12.1 Å². The van der Waals surface area contributed by atoms with Crippen molar-refractivity contribution in [3.05, 3.63) is 29.6 Å². The van der Waals surface area contributed by atoms with Gasteiger partial charge < -0.3 is 10.2 Å². The first-order chi connectivity index (χ1) is 9.93. The highest BCUT2D eigenvalue weighted by Crippen LogP contribution is 2.36. The molecule has 0 radical (unpaired) electrons. The average molecular weight is 304 g/mol. The summed E-state index contributed by atoms with van der Waals surface area (Å²) in [7, 11) is 0. The Hall–Kier alpha value is -1.30. The fourth-order valence-electron chi connectivity index (χ4n) is 2.75. The van der Waals surface area contributed by atoms with Crippen molar-refractivity contribution in [1.29, 1.82) is 0 Å². The molecule has 21 heavy (non-hydrogen) atoms. The Labute approximate surface area is 122 Å². The quantitative estimate of drug-likeness (QED) is 0.853. The Bertz CT molecular complexity index is 465. The third-order valence-electron chi connectivity index (χ3n) is 3.91. The Kier molecular flexibility index (Phi) is 5.08. The molecule has 1 aromatic carbocycles. The van der Waals surface area contributed by atoms with Gasteiger partial charge in [0.25, 0.3) is 0 Å². The second-order valence-electron chi connectivity index (χ2n) is 5.33. The molecule has 1 heterocycles. The number of anilines is 1. The Morgan fingerprint density at radius 2 is 1.90 bits per heavy atom. The maximum atomic E-state index is 14.1. The zero-order valence-electron chi connectivity index (χ0n) is 12.0. The minimum Gasteiger partial charge on any atom is -0.369 e. The minimum atomic E-state index is -4.14. The molecule has 2 rings (SSSR count). The predicted octanol–water partition coefficient (Wildman–Crippen LogP) is 3.71. The van der Waals surface area contributed by atoms with Gasteiger partial charge in [-0.25, -0.2) is 4.39 Å². The summed E-state index contributed by atoms with van der Waals surface area (Å²) in [4.78, 5) is 1.74. The van der Waals surface area contributed by atoms with E-state index >= 15 is 0 Å². The summed E-state index contributed by atoms with van der Waals surface area (Å²) in [5.41, 5.74) is 1.24. The molecular weight excluding hydrogens is 284 g/mol. The number of hydrogen-bond donors (Lipinski definition) is 1. The van der Waals surface area contributed by atoms with Crippen molar-refractivity contribution in [2.75, 3.05) is 24.5 Å². The molecule has 1 fully saturated rings. The van der Waals surface area contributed by atoms with Crippen molar-refractivity contribution >= 4 is 5.69 Å². The molecule has 1 aromatic rings. The molecule has 1 aliphatic rings. The van der Waals surface area contributed by atoms with E-state index in [9.17, 15) is 17.6 Å². The van der Waals surface area contributed by atoms with Crippen LogP contribution in [-0.2, 0) is 6.54 Å². The van der Waals surface area contributed by atoms with Crippen LogP contribution >= 0.6 is 0 Å². The highest BCUT2D eigenvalue weighted by Gasteiger charge is 2.41. The van der Waals surface area contributed by atoms with E-state index in [2.05, 4.69) is 5.32 Å². The van der Waals surface area contributed by atoms with Crippen LogP contribution in [0.15, 0.2) is 18.2 Å². The SMILES string of the molecule is CCNCc1cccc(F)c1N1CCC(C(F)(F)F)CC1. The van der Waals surface area contributed by atoms with Gasteiger partial charge in [0.05, 0.1) is 11.6 Å². The van der Waals surface area contributed by atoms with Gasteiger partial charge in [0, 0.05) is 19.6 Å². The third kappa shape index (κ3) is 3.87. The van der Waals surface area contributed by atoms with Gasteiger partial charge in [0.2, 0.25) is 0 Å². The number of hydrogen-bond acceptors (Lipinski definition) is 2. The molecule has 1 aliphatic heterocycles. The van der Waals surface area contributed by atoms with Gasteiger partial charge in [0.15, 0.2) is 0 Å². The van der Waals surface area contributed by atoms with E-state index in [1.165, 1.54) is 6.07 Å². The molecule has 1 N–H and O–H groups in total. The molecule has 0 atom stereocenters. The Morgan fingerprint density at radius 1 is 1.24 bits per heavy atom. The first-order valence-electron chi connectivity index (χ1n) is 7.23. The lowest BCUT2D eigenvalue weighted by Gasteiger charge is -2.35. The molecule has 6 heteroatoms. The lowest BCUT2D eigenvalue weighted by atomic mass is 9.95. The number of para-hydroxylation sites is 1. The average Bonchev–Trinajstić information content (AvgIpc) is 2.44. The maximum Gasteiger partial charge on any atom is 0.391 e. The number of halogens is 4. The van der Waals surface area contributed by atoms with Gasteiger partial charge in [-0.2, -0.15) is 13.2 Å². The van der Waals surface area contributed by atoms with Crippen LogP contribution in [0.25, 0.3) is 0 Å². The molecule has 0 aromatic heterocycles. The van der Waals surface area contributed by atoms with Crippen LogP contribution in [0.1, 0.15) is 25.3 Å². The topological polar surface area (TPSA) is 15.3 Å². The molecular formula is C15H20F4N2. The number of benzene rings is 1. The van der Waals surface area contributed by atoms with Crippen LogP contribution < -0.4 is 10.2 Å². The standard InChI is InChI=1S/C15H20F4N2/c1-2-20-10-11-4-3-5-13(16)14(11)21-8-6-12(7-9-21)15(17,18)19/h3-5,12,20H,2,6-10H2,1H3. The molecule has 0 saturated carbocycles. The van der Waals surface area contributed by atoms with E-state index < -0.39 is 12.1 Å². The van der Waals surface area contributed by atoms with Gasteiger partial charge in [-0.3, -0.25) is 0 Å². The molecule has 0 unspecified atom stereocenters. The van der Waals surface area contributed by atoms with Crippen molar-refractivity contribution in [1.82, 2.24) is 5.32 Å². The Balaban J connectivity index is 2.12. The number of piperidine rings is 1. The van der Waals surface area contributed by atoms with Crippen molar-refractivity contribution < 1.29 is 17.6 Å². The van der Waals surface area contributed by atoms with Crippen LogP contribution in [0.4, 0.5) is 23.2 Å². The third-order valence-corrected chi connectivity index (χ3v) is 3.91. The smallest absolute Gasteiger partial charge is 0.369 e. The predicted molar refractivity (Wildman–Crippen MR) is 74.8 cm³/mol. The minimum absolute atomic E-state index is 0.0263. The van der Waals surface area contributed by atoms with Gasteiger partial charge in [0.1, 0.15) is 5.82 Å². The van der Waals surface area contributed by atoms with Crippen LogP contribution in [-0.4, -0.2) is 25.8 Å². The van der Waals surface area contributed by atoms with Crippen molar-refractivity contribution in [2.45, 2.75) is 32.5 Å². The molecule has 0 spiro atoms. The number of alkyl halides is 3. The molecule has 0 amide bonds. The monoisotopic (exact) mass is 304 g/mol. The van der Waals surface area contributed by atoms with E-state index in [-0.39, 0.29) is 31.7 Å². The fourth-order valence-corrected chi connectivity index (χ4v) is 2.75. The van der Waals surface area contributed by atoms with E-state index in [1.807, 2.05) is 13.0 Å². The summed E-state index contributed by atoms with van der Waals surface area (Å²) in [5.74, 6) is -1.63. The second-order valence-corrected chi connectivity index (χ2v) is 5.33. The lowest BCUT2D eigenvalue weighted by molar-refractivity contribution is -0.179. The second kappa shape index (κ2) is 6.64. The van der Waals surface area contributed by atoms with Gasteiger partial charge >= 0.3 is 6.18 Å². The highest BCUT2D eigenvalue weighted by molar-refractivity contribution is 5.55. The number of nitrogens with one attached hydrogen (secondary N) is 1. The molecule has 0 aliphatic carbocycles. The summed E-state index contributed by atoms with van der Waals surface area (Å²) < 4.78 is 52.2. The summed E-state index contributed by atoms with van der Waals surface area (Å²) >= 11 is 0.